The minimum absolute atomic E-state index is 0.168. The van der Waals surface area contributed by atoms with Gasteiger partial charge in [0.2, 0.25) is 0 Å². The van der Waals surface area contributed by atoms with Crippen LogP contribution in [0.4, 0.5) is 0 Å². The summed E-state index contributed by atoms with van der Waals surface area (Å²) in [7, 11) is 0. The molecule has 1 atom stereocenters. The van der Waals surface area contributed by atoms with Crippen LogP contribution in [0.3, 0.4) is 0 Å². The van der Waals surface area contributed by atoms with Crippen molar-refractivity contribution in [1.82, 2.24) is 0 Å². The van der Waals surface area contributed by atoms with E-state index in [-0.39, 0.29) is 5.92 Å². The van der Waals surface area contributed by atoms with Gasteiger partial charge in [-0.3, -0.25) is 4.79 Å². The summed E-state index contributed by atoms with van der Waals surface area (Å²) in [5.74, 6) is -0.537. The zero-order valence-electron chi connectivity index (χ0n) is 7.05. The third-order valence-corrected chi connectivity index (χ3v) is 2.82. The van der Waals surface area contributed by atoms with Crippen LogP contribution < -0.4 is 0 Å². The van der Waals surface area contributed by atoms with Gasteiger partial charge in [0.05, 0.1) is 5.41 Å². The van der Waals surface area contributed by atoms with Crippen molar-refractivity contribution in [3.05, 3.63) is 12.2 Å². The lowest BCUT2D eigenvalue weighted by molar-refractivity contribution is -0.152. The molecule has 0 aliphatic heterocycles. The summed E-state index contributed by atoms with van der Waals surface area (Å²) in [6, 6.07) is 0. The topological polar surface area (TPSA) is 37.3 Å². The third-order valence-electron chi connectivity index (χ3n) is 2.82. The molecule has 0 aromatic carbocycles. The minimum atomic E-state index is -0.705. The number of carboxylic acids is 1. The Morgan fingerprint density at radius 1 is 1.73 bits per heavy atom. The van der Waals surface area contributed by atoms with Crippen LogP contribution in [0.15, 0.2) is 12.2 Å². The van der Waals surface area contributed by atoms with E-state index in [1.54, 1.807) is 0 Å². The zero-order chi connectivity index (χ0) is 8.65. The Labute approximate surface area is 66.9 Å². The van der Waals surface area contributed by atoms with E-state index in [4.69, 9.17) is 5.11 Å². The van der Waals surface area contributed by atoms with E-state index >= 15 is 0 Å². The summed E-state index contributed by atoms with van der Waals surface area (Å²) in [5.41, 5.74) is 0.292. The second-order valence-corrected chi connectivity index (χ2v) is 3.53. The van der Waals surface area contributed by atoms with Gasteiger partial charge in [0, 0.05) is 0 Å². The molecule has 1 rings (SSSR count). The van der Waals surface area contributed by atoms with Crippen LogP contribution >= 0.6 is 0 Å². The van der Waals surface area contributed by atoms with Gasteiger partial charge in [-0.2, -0.15) is 0 Å². The van der Waals surface area contributed by atoms with Crippen molar-refractivity contribution in [2.75, 3.05) is 0 Å². The van der Waals surface area contributed by atoms with Gasteiger partial charge in [-0.1, -0.05) is 26.0 Å². The monoisotopic (exact) mass is 154 g/mol. The maximum atomic E-state index is 10.9. The van der Waals surface area contributed by atoms with Crippen LogP contribution in [0.1, 0.15) is 26.7 Å². The van der Waals surface area contributed by atoms with E-state index in [0.717, 1.165) is 18.4 Å². The predicted molar refractivity (Wildman–Crippen MR) is 43.3 cm³/mol. The SMILES string of the molecule is C=C1CCC1(C(=O)O)C(C)C. The number of aliphatic carboxylic acids is 1. The highest BCUT2D eigenvalue weighted by atomic mass is 16.4. The fourth-order valence-electron chi connectivity index (χ4n) is 1.77. The summed E-state index contributed by atoms with van der Waals surface area (Å²) in [6.45, 7) is 7.66. The lowest BCUT2D eigenvalue weighted by Crippen LogP contribution is -2.44. The van der Waals surface area contributed by atoms with Crippen molar-refractivity contribution >= 4 is 5.97 Å². The molecular formula is C9H14O2. The minimum Gasteiger partial charge on any atom is -0.481 e. The highest BCUT2D eigenvalue weighted by Crippen LogP contribution is 2.50. The molecule has 0 aromatic heterocycles. The summed E-state index contributed by atoms with van der Waals surface area (Å²) in [5, 5.41) is 8.96. The fraction of sp³-hybridized carbons (Fsp3) is 0.667. The van der Waals surface area contributed by atoms with Crippen LogP contribution in [0.2, 0.25) is 0 Å². The lowest BCUT2D eigenvalue weighted by atomic mass is 9.59. The van der Waals surface area contributed by atoms with Gasteiger partial charge < -0.3 is 5.11 Å². The third kappa shape index (κ3) is 0.889. The number of rotatable bonds is 2. The number of hydrogen-bond donors (Lipinski definition) is 1. The normalized spacial score (nSPS) is 30.3. The molecule has 2 heteroatoms. The van der Waals surface area contributed by atoms with Crippen LogP contribution in [0.25, 0.3) is 0 Å². The molecule has 1 aliphatic rings. The van der Waals surface area contributed by atoms with Crippen LogP contribution in [-0.4, -0.2) is 11.1 Å². The molecule has 2 nitrogen and oxygen atoms in total. The Bertz CT molecular complexity index is 196. The molecule has 0 bridgehead atoms. The first-order valence-corrected chi connectivity index (χ1v) is 3.93. The van der Waals surface area contributed by atoms with Gasteiger partial charge in [-0.05, 0) is 18.8 Å². The Morgan fingerprint density at radius 3 is 2.27 bits per heavy atom. The average molecular weight is 154 g/mol. The van der Waals surface area contributed by atoms with E-state index in [1.165, 1.54) is 0 Å². The highest BCUT2D eigenvalue weighted by molar-refractivity contribution is 5.80. The van der Waals surface area contributed by atoms with Gasteiger partial charge in [0.15, 0.2) is 0 Å². The molecule has 0 heterocycles. The zero-order valence-corrected chi connectivity index (χ0v) is 7.05. The molecule has 1 fully saturated rings. The molecule has 0 saturated heterocycles. The smallest absolute Gasteiger partial charge is 0.314 e. The van der Waals surface area contributed by atoms with Crippen LogP contribution in [-0.2, 0) is 4.79 Å². The first-order chi connectivity index (χ1) is 5.01. The first-order valence-electron chi connectivity index (χ1n) is 3.93. The van der Waals surface area contributed by atoms with Crippen molar-refractivity contribution < 1.29 is 9.90 Å². The van der Waals surface area contributed by atoms with Gasteiger partial charge in [0.1, 0.15) is 0 Å². The molecule has 1 saturated carbocycles. The summed E-state index contributed by atoms with van der Waals surface area (Å²) in [6.07, 6.45) is 1.64. The van der Waals surface area contributed by atoms with Crippen LogP contribution in [0, 0.1) is 11.3 Å². The van der Waals surface area contributed by atoms with E-state index in [0.29, 0.717) is 0 Å². The van der Waals surface area contributed by atoms with E-state index in [2.05, 4.69) is 6.58 Å². The lowest BCUT2D eigenvalue weighted by Gasteiger charge is -2.43. The Balaban J connectivity index is 2.90. The molecule has 0 spiro atoms. The molecule has 0 aromatic rings. The Hall–Kier alpha value is -0.790. The second kappa shape index (κ2) is 2.36. The van der Waals surface area contributed by atoms with Crippen molar-refractivity contribution in [1.29, 1.82) is 0 Å². The molecular weight excluding hydrogens is 140 g/mol. The van der Waals surface area contributed by atoms with Crippen molar-refractivity contribution in [2.24, 2.45) is 11.3 Å². The van der Waals surface area contributed by atoms with E-state index in [1.807, 2.05) is 13.8 Å². The van der Waals surface area contributed by atoms with Crippen molar-refractivity contribution in [3.8, 4) is 0 Å². The standard InChI is InChI=1S/C9H14O2/c1-6(2)9(8(10)11)5-4-7(9)3/h6H,3-5H2,1-2H3,(H,10,11). The number of carboxylic acid groups (broad SMARTS) is 1. The quantitative estimate of drug-likeness (QED) is 0.618. The molecule has 0 radical (unpaired) electrons. The van der Waals surface area contributed by atoms with E-state index < -0.39 is 11.4 Å². The number of hydrogen-bond acceptors (Lipinski definition) is 1. The summed E-state index contributed by atoms with van der Waals surface area (Å²) in [4.78, 5) is 10.9. The van der Waals surface area contributed by atoms with Crippen molar-refractivity contribution in [2.45, 2.75) is 26.7 Å². The molecule has 1 N–H and O–H groups in total. The highest BCUT2D eigenvalue weighted by Gasteiger charge is 2.49. The first kappa shape index (κ1) is 8.31. The Morgan fingerprint density at radius 2 is 2.27 bits per heavy atom. The maximum absolute atomic E-state index is 10.9. The molecule has 11 heavy (non-hydrogen) atoms. The average Bonchev–Trinajstić information content (AvgIpc) is 1.83. The summed E-state index contributed by atoms with van der Waals surface area (Å²) < 4.78 is 0. The molecule has 1 unspecified atom stereocenters. The van der Waals surface area contributed by atoms with Gasteiger partial charge in [0.25, 0.3) is 0 Å². The van der Waals surface area contributed by atoms with Crippen LogP contribution in [0.5, 0.6) is 0 Å². The van der Waals surface area contributed by atoms with Crippen molar-refractivity contribution in [3.63, 3.8) is 0 Å². The number of carbonyl (C=O) groups is 1. The molecule has 0 amide bonds. The molecule has 62 valence electrons. The van der Waals surface area contributed by atoms with Gasteiger partial charge in [-0.15, -0.1) is 0 Å². The maximum Gasteiger partial charge on any atom is 0.314 e. The second-order valence-electron chi connectivity index (χ2n) is 3.53. The van der Waals surface area contributed by atoms with E-state index in [9.17, 15) is 4.79 Å². The summed E-state index contributed by atoms with van der Waals surface area (Å²) >= 11 is 0. The fourth-order valence-corrected chi connectivity index (χ4v) is 1.77. The predicted octanol–water partition coefficient (Wildman–Crippen LogP) is 2.06. The largest absolute Gasteiger partial charge is 0.481 e. The van der Waals surface area contributed by atoms with Gasteiger partial charge in [-0.25, -0.2) is 0 Å². The molecule has 1 aliphatic carbocycles. The Kier molecular flexibility index (Phi) is 1.78. The van der Waals surface area contributed by atoms with Gasteiger partial charge >= 0.3 is 5.97 Å².